The van der Waals surface area contributed by atoms with E-state index < -0.39 is 32.3 Å². The van der Waals surface area contributed by atoms with Gasteiger partial charge in [0, 0.05) is 74.5 Å². The van der Waals surface area contributed by atoms with Crippen molar-refractivity contribution in [1.29, 1.82) is 10.5 Å². The largest absolute Gasteiger partial charge is 0.484 e. The van der Waals surface area contributed by atoms with Crippen LogP contribution in [0.5, 0.6) is 11.5 Å². The van der Waals surface area contributed by atoms with Crippen LogP contribution in [0.1, 0.15) is 84.1 Å². The zero-order valence-electron chi connectivity index (χ0n) is 52.9. The number of rotatable bonds is 35. The second kappa shape index (κ2) is 35.5. The Labute approximate surface area is 551 Å². The molecule has 6 atom stereocenters. The monoisotopic (exact) mass is 1350 g/mol. The van der Waals surface area contributed by atoms with Gasteiger partial charge < -0.3 is 59.5 Å². The van der Waals surface area contributed by atoms with Crippen LogP contribution in [0, 0.1) is 22.7 Å². The first kappa shape index (κ1) is 71.9. The van der Waals surface area contributed by atoms with E-state index in [4.69, 9.17) is 51.6 Å². The molecule has 0 spiro atoms. The molecule has 4 aromatic rings. The number of piperidine rings is 2. The van der Waals surface area contributed by atoms with Gasteiger partial charge in [-0.05, 0) is 188 Å². The highest BCUT2D eigenvalue weighted by atomic mass is 35.5. The number of ether oxygens (including phenoxy) is 6. The number of hydrogen-bond acceptors (Lipinski definition) is 18. The Morgan fingerprint density at radius 3 is 1.25 bits per heavy atom. The first-order valence-electron chi connectivity index (χ1n) is 31.5. The van der Waals surface area contributed by atoms with Crippen molar-refractivity contribution >= 4 is 55.3 Å². The molecule has 24 nitrogen and oxygen atoms in total. The van der Waals surface area contributed by atoms with Crippen LogP contribution in [0.4, 0.5) is 9.59 Å². The van der Waals surface area contributed by atoms with Crippen molar-refractivity contribution in [2.45, 2.75) is 97.5 Å². The summed E-state index contributed by atoms with van der Waals surface area (Å²) >= 11 is 13.0. The Hall–Kier alpha value is -5.92. The lowest BCUT2D eigenvalue weighted by Gasteiger charge is -2.41. The molecule has 0 radical (unpaired) electrons. The van der Waals surface area contributed by atoms with Crippen LogP contribution in [0.25, 0.3) is 0 Å². The number of urea groups is 2. The average molecular weight is 1350 g/mol. The second-order valence-corrected chi connectivity index (χ2v) is 28.1. The predicted octanol–water partition coefficient (Wildman–Crippen LogP) is 5.58. The minimum absolute atomic E-state index is 0.0188. The van der Waals surface area contributed by atoms with Crippen molar-refractivity contribution in [3.63, 3.8) is 0 Å². The van der Waals surface area contributed by atoms with Gasteiger partial charge in [-0.15, -0.1) is 0 Å². The molecular formula is C64H88Cl2N12O12S2. The minimum Gasteiger partial charge on any atom is -0.484 e. The first-order valence-corrected chi connectivity index (χ1v) is 35.2. The van der Waals surface area contributed by atoms with Gasteiger partial charge in [-0.3, -0.25) is 9.80 Å². The molecule has 2 heterocycles. The molecule has 502 valence electrons. The zero-order valence-corrected chi connectivity index (χ0v) is 56.1. The minimum atomic E-state index is -3.84. The fourth-order valence-electron chi connectivity index (χ4n) is 12.1. The maximum absolute atomic E-state index is 13.1. The van der Waals surface area contributed by atoms with E-state index in [2.05, 4.69) is 90.6 Å². The number of carbonyl (C=O) groups is 2. The Morgan fingerprint density at radius 1 is 0.533 bits per heavy atom. The number of sulfonamides is 2. The van der Waals surface area contributed by atoms with E-state index in [0.29, 0.717) is 83.5 Å². The fraction of sp³-hybridized carbons (Fsp3) is 0.562. The summed E-state index contributed by atoms with van der Waals surface area (Å²) in [6.45, 7) is 6.73. The normalized spacial score (nSPS) is 20.1. The summed E-state index contributed by atoms with van der Waals surface area (Å²) < 4.78 is 93.0. The fourth-order valence-corrected chi connectivity index (χ4v) is 14.6. The number of carbonyl (C=O) groups excluding carboxylic acids is 2. The van der Waals surface area contributed by atoms with E-state index in [1.165, 1.54) is 24.3 Å². The molecule has 8 rings (SSSR count). The maximum Gasteiger partial charge on any atom is 0.314 e. The van der Waals surface area contributed by atoms with Crippen molar-refractivity contribution in [1.82, 2.24) is 50.3 Å². The van der Waals surface area contributed by atoms with Crippen molar-refractivity contribution in [3.05, 3.63) is 116 Å². The van der Waals surface area contributed by atoms with Crippen molar-refractivity contribution < 1.29 is 54.8 Å². The molecule has 2 fully saturated rings. The number of halogens is 2. The van der Waals surface area contributed by atoms with Crippen LogP contribution in [0.3, 0.4) is 0 Å². The summed E-state index contributed by atoms with van der Waals surface area (Å²) in [6, 6.07) is 24.4. The van der Waals surface area contributed by atoms with Crippen molar-refractivity contribution in [2.75, 3.05) is 146 Å². The molecule has 2 saturated heterocycles. The quantitative estimate of drug-likeness (QED) is 0.0307. The highest BCUT2D eigenvalue weighted by Gasteiger charge is 2.43. The molecule has 2 aliphatic carbocycles. The summed E-state index contributed by atoms with van der Waals surface area (Å²) in [6.07, 6.45) is 6.10. The van der Waals surface area contributed by atoms with Gasteiger partial charge in [0.25, 0.3) is 0 Å². The highest BCUT2D eigenvalue weighted by molar-refractivity contribution is 7.89. The summed E-state index contributed by atoms with van der Waals surface area (Å²) in [5.74, 6) is 1.01. The molecule has 4 aliphatic rings. The summed E-state index contributed by atoms with van der Waals surface area (Å²) in [5, 5.41) is 31.8. The molecule has 4 amide bonds. The summed E-state index contributed by atoms with van der Waals surface area (Å²) in [4.78, 5) is 33.9. The van der Waals surface area contributed by atoms with Gasteiger partial charge in [-0.1, -0.05) is 23.2 Å². The smallest absolute Gasteiger partial charge is 0.314 e. The van der Waals surface area contributed by atoms with Gasteiger partial charge in [0.2, 0.25) is 20.0 Å². The molecule has 4 aromatic carbocycles. The number of hydrogen-bond donors (Lipinski definition) is 6. The lowest BCUT2D eigenvalue weighted by Crippen LogP contribution is -2.51. The molecule has 28 heteroatoms. The lowest BCUT2D eigenvalue weighted by atomic mass is 10.0. The van der Waals surface area contributed by atoms with E-state index in [9.17, 15) is 36.9 Å². The highest BCUT2D eigenvalue weighted by Crippen LogP contribution is 2.44. The van der Waals surface area contributed by atoms with Crippen molar-refractivity contribution in [3.8, 4) is 23.6 Å². The third-order valence-corrected chi connectivity index (χ3v) is 20.4. The third-order valence-electron chi connectivity index (χ3n) is 17.0. The van der Waals surface area contributed by atoms with Gasteiger partial charge in [-0.25, -0.2) is 35.9 Å². The van der Waals surface area contributed by atoms with Gasteiger partial charge in [0.1, 0.15) is 23.7 Å². The SMILES string of the molecule is CN(C)[C@H]1CCCN([C@H]2Cc3c(C#N)cc(Cl)cc3[C@@H]2Oc2ccc(S(=O)(=O)NCCOCCOCCNC(=O)NCCCCNC(=O)NCCOCCOCCNS(=O)(=O)c3ccc(O[C@H]4c5cc(Cl)cc(C#N)c5C[C@@H]4N4CCC[C@H](N(C)C)C4)cc3)cc2)C1. The lowest BCUT2D eigenvalue weighted by molar-refractivity contribution is 0.0380. The van der Waals surface area contributed by atoms with E-state index in [-0.39, 0.29) is 113 Å². The number of nitrogens with zero attached hydrogens (tertiary/aromatic N) is 6. The van der Waals surface area contributed by atoms with Crippen molar-refractivity contribution in [2.24, 2.45) is 0 Å². The first-order chi connectivity index (χ1) is 44.3. The predicted molar refractivity (Wildman–Crippen MR) is 349 cm³/mol. The topological polar surface area (TPSA) is 291 Å². The maximum atomic E-state index is 13.1. The number of likely N-dealkylation sites (N-methyl/N-ethyl adjacent to an activating group) is 2. The van der Waals surface area contributed by atoms with Crippen LogP contribution in [0.15, 0.2) is 82.6 Å². The van der Waals surface area contributed by atoms with Crippen LogP contribution in [-0.2, 0) is 51.8 Å². The Bertz CT molecular complexity index is 3160. The zero-order chi connectivity index (χ0) is 65.6. The number of benzene rings is 4. The third kappa shape index (κ3) is 20.8. The number of nitrogens with one attached hydrogen (secondary N) is 6. The number of fused-ring (bicyclic) bond motifs is 2. The second-order valence-electron chi connectivity index (χ2n) is 23.7. The molecule has 92 heavy (non-hydrogen) atoms. The Balaban J connectivity index is 0.594. The van der Waals surface area contributed by atoms with Gasteiger partial charge in [0.05, 0.1) is 98.0 Å². The van der Waals surface area contributed by atoms with E-state index >= 15 is 0 Å². The van der Waals surface area contributed by atoms with Crippen LogP contribution in [-0.4, -0.2) is 219 Å². The molecule has 6 N–H and O–H groups in total. The number of nitriles is 2. The number of amides is 4. The Morgan fingerprint density at radius 2 is 0.891 bits per heavy atom. The molecule has 0 bridgehead atoms. The van der Waals surface area contributed by atoms with Gasteiger partial charge in [0.15, 0.2) is 0 Å². The molecule has 0 unspecified atom stereocenters. The van der Waals surface area contributed by atoms with E-state index in [1.807, 2.05) is 12.1 Å². The van der Waals surface area contributed by atoms with Gasteiger partial charge >= 0.3 is 12.1 Å². The number of likely N-dealkylation sites (tertiary alicyclic amines) is 2. The standard InChI is InChI=1S/C64H88Cl2N12O12S2/c1-75(2)49-9-7-25-77(43-49)59-39-55-45(41-67)35-47(65)37-57(55)61(59)89-51-11-15-53(16-12-51)91(81,82)73-23-29-87-33-31-85-27-21-71-63(79)69-19-5-6-20-70-64(80)72-22-28-86-32-34-88-30-24-74-92(83,84)54-17-13-52(14-18-54)90-62-58-38-48(66)36-46(42-68)56(58)40-60(62)78-26-8-10-50(44-78)76(3)4/h11-18,35-38,49-50,59-62,73-74H,5-10,19-34,39-40,43-44H2,1-4H3,(H2,69,71,79)(H2,70,72,80)/t49-,50-,59-,60-,61-,62-/m0/s1. The molecule has 2 aliphatic heterocycles. The van der Waals surface area contributed by atoms with E-state index in [1.54, 1.807) is 36.4 Å². The Kier molecular flexibility index (Phi) is 27.8. The van der Waals surface area contributed by atoms with Crippen LogP contribution in [0.2, 0.25) is 10.0 Å². The van der Waals surface area contributed by atoms with Crippen LogP contribution >= 0.6 is 23.2 Å². The van der Waals surface area contributed by atoms with Crippen LogP contribution < -0.4 is 40.2 Å². The summed E-state index contributed by atoms with van der Waals surface area (Å²) in [5.41, 5.74) is 4.72. The average Bonchev–Trinajstić information content (AvgIpc) is 1.62. The summed E-state index contributed by atoms with van der Waals surface area (Å²) in [7, 11) is 0.701. The molecular weight excluding hydrogens is 1260 g/mol. The van der Waals surface area contributed by atoms with Gasteiger partial charge in [-0.2, -0.15) is 10.5 Å². The molecule has 0 aromatic heterocycles. The van der Waals surface area contributed by atoms with E-state index in [0.717, 1.165) is 74.1 Å². The number of unbranched alkanes of at least 4 members (excludes halogenated alkanes) is 1. The molecule has 0 saturated carbocycles.